The predicted molar refractivity (Wildman–Crippen MR) is 59.9 cm³/mol. The first kappa shape index (κ1) is 12.2. The molecule has 0 aliphatic carbocycles. The van der Waals surface area contributed by atoms with Crippen molar-refractivity contribution in [3.05, 3.63) is 23.2 Å². The van der Waals surface area contributed by atoms with Crippen LogP contribution in [-0.2, 0) is 9.47 Å². The third kappa shape index (κ3) is 3.62. The summed E-state index contributed by atoms with van der Waals surface area (Å²) in [5, 5.41) is 2.95. The fourth-order valence-electron chi connectivity index (χ4n) is 1.38. The highest BCUT2D eigenvalue weighted by molar-refractivity contribution is 6.29. The van der Waals surface area contributed by atoms with Crippen LogP contribution >= 0.6 is 11.6 Å². The SMILES string of the molecule is O=C(NCC1COCCO1)c1cnc(Cl)cn1. The van der Waals surface area contributed by atoms with E-state index in [1.807, 2.05) is 0 Å². The molecular formula is C10H12ClN3O3. The minimum absolute atomic E-state index is 0.104. The summed E-state index contributed by atoms with van der Waals surface area (Å²) in [5.74, 6) is -0.302. The largest absolute Gasteiger partial charge is 0.376 e. The van der Waals surface area contributed by atoms with Crippen LogP contribution in [0.2, 0.25) is 5.15 Å². The first-order chi connectivity index (χ1) is 8.25. The summed E-state index contributed by atoms with van der Waals surface area (Å²) >= 11 is 5.57. The number of rotatable bonds is 3. The van der Waals surface area contributed by atoms with Crippen LogP contribution in [0.5, 0.6) is 0 Å². The molecule has 1 aliphatic heterocycles. The Morgan fingerprint density at radius 2 is 2.35 bits per heavy atom. The second-order valence-electron chi connectivity index (χ2n) is 3.50. The number of hydrogen-bond donors (Lipinski definition) is 1. The summed E-state index contributed by atoms with van der Waals surface area (Å²) in [5.41, 5.74) is 0.228. The fourth-order valence-corrected chi connectivity index (χ4v) is 1.48. The fraction of sp³-hybridized carbons (Fsp3) is 0.500. The van der Waals surface area contributed by atoms with Gasteiger partial charge in [0.05, 0.1) is 38.3 Å². The second kappa shape index (κ2) is 5.90. The van der Waals surface area contributed by atoms with Crippen LogP contribution in [0, 0.1) is 0 Å². The number of nitrogens with one attached hydrogen (secondary N) is 1. The van der Waals surface area contributed by atoms with Gasteiger partial charge in [0.2, 0.25) is 0 Å². The number of hydrogen-bond acceptors (Lipinski definition) is 5. The molecule has 1 atom stereocenters. The summed E-state index contributed by atoms with van der Waals surface area (Å²) in [6, 6.07) is 0. The molecule has 6 nitrogen and oxygen atoms in total. The van der Waals surface area contributed by atoms with Crippen LogP contribution in [0.4, 0.5) is 0 Å². The van der Waals surface area contributed by atoms with Crippen molar-refractivity contribution in [2.75, 3.05) is 26.4 Å². The normalized spacial score (nSPS) is 19.9. The Hall–Kier alpha value is -1.24. The predicted octanol–water partition coefficient (Wildman–Crippen LogP) is 0.275. The zero-order chi connectivity index (χ0) is 12.1. The Labute approximate surface area is 103 Å². The maximum Gasteiger partial charge on any atom is 0.271 e. The first-order valence-corrected chi connectivity index (χ1v) is 5.58. The molecule has 0 saturated carbocycles. The van der Waals surface area contributed by atoms with Crippen molar-refractivity contribution in [1.29, 1.82) is 0 Å². The van der Waals surface area contributed by atoms with E-state index in [1.165, 1.54) is 12.4 Å². The Kier molecular flexibility index (Phi) is 4.24. The van der Waals surface area contributed by atoms with E-state index >= 15 is 0 Å². The standard InChI is InChI=1S/C10H12ClN3O3/c11-9-5-12-8(4-13-9)10(15)14-3-7-6-16-1-2-17-7/h4-5,7H,1-3,6H2,(H,14,15). The molecule has 1 unspecified atom stereocenters. The van der Waals surface area contributed by atoms with Crippen LogP contribution in [0.3, 0.4) is 0 Å². The van der Waals surface area contributed by atoms with E-state index in [2.05, 4.69) is 15.3 Å². The number of halogens is 1. The van der Waals surface area contributed by atoms with E-state index in [0.717, 1.165) is 0 Å². The third-order valence-corrected chi connectivity index (χ3v) is 2.42. The molecule has 1 aromatic heterocycles. The van der Waals surface area contributed by atoms with E-state index in [0.29, 0.717) is 26.4 Å². The molecule has 17 heavy (non-hydrogen) atoms. The van der Waals surface area contributed by atoms with E-state index in [9.17, 15) is 4.79 Å². The number of amides is 1. The number of carbonyl (C=O) groups excluding carboxylic acids is 1. The number of nitrogens with zero attached hydrogens (tertiary/aromatic N) is 2. The van der Waals surface area contributed by atoms with Crippen LogP contribution in [0.25, 0.3) is 0 Å². The molecule has 92 valence electrons. The van der Waals surface area contributed by atoms with E-state index < -0.39 is 0 Å². The molecule has 7 heteroatoms. The van der Waals surface area contributed by atoms with Crippen molar-refractivity contribution >= 4 is 17.5 Å². The molecule has 0 bridgehead atoms. The molecule has 0 radical (unpaired) electrons. The van der Waals surface area contributed by atoms with Gasteiger partial charge in [0, 0.05) is 6.54 Å². The zero-order valence-electron chi connectivity index (χ0n) is 9.06. The van der Waals surface area contributed by atoms with Crippen LogP contribution in [-0.4, -0.2) is 48.3 Å². The van der Waals surface area contributed by atoms with E-state index in [1.54, 1.807) is 0 Å². The lowest BCUT2D eigenvalue weighted by Crippen LogP contribution is -2.39. The van der Waals surface area contributed by atoms with Gasteiger partial charge in [-0.1, -0.05) is 11.6 Å². The molecule has 1 aromatic rings. The molecule has 1 amide bonds. The summed E-state index contributed by atoms with van der Waals surface area (Å²) in [6.07, 6.45) is 2.56. The highest BCUT2D eigenvalue weighted by atomic mass is 35.5. The highest BCUT2D eigenvalue weighted by Gasteiger charge is 2.16. The second-order valence-corrected chi connectivity index (χ2v) is 3.89. The molecule has 0 spiro atoms. The van der Waals surface area contributed by atoms with Crippen LogP contribution in [0.15, 0.2) is 12.4 Å². The average Bonchev–Trinajstić information content (AvgIpc) is 2.38. The first-order valence-electron chi connectivity index (χ1n) is 5.21. The molecule has 1 aliphatic rings. The van der Waals surface area contributed by atoms with E-state index in [4.69, 9.17) is 21.1 Å². The molecule has 2 rings (SSSR count). The molecule has 0 aromatic carbocycles. The van der Waals surface area contributed by atoms with Gasteiger partial charge in [0.1, 0.15) is 10.8 Å². The van der Waals surface area contributed by atoms with Gasteiger partial charge < -0.3 is 14.8 Å². The Morgan fingerprint density at radius 3 is 3.00 bits per heavy atom. The van der Waals surface area contributed by atoms with Crippen molar-refractivity contribution in [2.45, 2.75) is 6.10 Å². The Balaban J connectivity index is 1.82. The van der Waals surface area contributed by atoms with Crippen molar-refractivity contribution in [1.82, 2.24) is 15.3 Å². The molecule has 1 N–H and O–H groups in total. The number of aromatic nitrogens is 2. The van der Waals surface area contributed by atoms with Gasteiger partial charge in [-0.15, -0.1) is 0 Å². The maximum absolute atomic E-state index is 11.6. The summed E-state index contributed by atoms with van der Waals surface area (Å²) in [7, 11) is 0. The molecule has 2 heterocycles. The van der Waals surface area contributed by atoms with E-state index in [-0.39, 0.29) is 22.9 Å². The van der Waals surface area contributed by atoms with Gasteiger partial charge >= 0.3 is 0 Å². The number of ether oxygens (including phenoxy) is 2. The highest BCUT2D eigenvalue weighted by Crippen LogP contribution is 2.02. The van der Waals surface area contributed by atoms with Gasteiger partial charge in [-0.3, -0.25) is 4.79 Å². The maximum atomic E-state index is 11.6. The Bertz CT molecular complexity index is 379. The molecule has 1 fully saturated rings. The minimum atomic E-state index is -0.302. The molecular weight excluding hydrogens is 246 g/mol. The third-order valence-electron chi connectivity index (χ3n) is 2.23. The van der Waals surface area contributed by atoms with Crippen molar-refractivity contribution < 1.29 is 14.3 Å². The summed E-state index contributed by atoms with van der Waals surface area (Å²) in [4.78, 5) is 19.3. The lowest BCUT2D eigenvalue weighted by atomic mass is 10.3. The van der Waals surface area contributed by atoms with Gasteiger partial charge in [-0.25, -0.2) is 9.97 Å². The smallest absolute Gasteiger partial charge is 0.271 e. The van der Waals surface area contributed by atoms with Crippen molar-refractivity contribution in [3.63, 3.8) is 0 Å². The minimum Gasteiger partial charge on any atom is -0.376 e. The van der Waals surface area contributed by atoms with Crippen molar-refractivity contribution in [2.24, 2.45) is 0 Å². The van der Waals surface area contributed by atoms with Gasteiger partial charge in [-0.2, -0.15) is 0 Å². The Morgan fingerprint density at radius 1 is 1.47 bits per heavy atom. The topological polar surface area (TPSA) is 73.3 Å². The van der Waals surface area contributed by atoms with Crippen LogP contribution in [0.1, 0.15) is 10.5 Å². The quantitative estimate of drug-likeness (QED) is 0.842. The summed E-state index contributed by atoms with van der Waals surface area (Å²) < 4.78 is 10.6. The van der Waals surface area contributed by atoms with Crippen molar-refractivity contribution in [3.8, 4) is 0 Å². The zero-order valence-corrected chi connectivity index (χ0v) is 9.81. The van der Waals surface area contributed by atoms with Gasteiger partial charge in [0.25, 0.3) is 5.91 Å². The monoisotopic (exact) mass is 257 g/mol. The number of carbonyl (C=O) groups is 1. The van der Waals surface area contributed by atoms with Crippen LogP contribution < -0.4 is 5.32 Å². The molecule has 1 saturated heterocycles. The lowest BCUT2D eigenvalue weighted by Gasteiger charge is -2.22. The van der Waals surface area contributed by atoms with Gasteiger partial charge in [-0.05, 0) is 0 Å². The average molecular weight is 258 g/mol. The summed E-state index contributed by atoms with van der Waals surface area (Å²) in [6.45, 7) is 2.05. The lowest BCUT2D eigenvalue weighted by molar-refractivity contribution is -0.0855. The van der Waals surface area contributed by atoms with Gasteiger partial charge in [0.15, 0.2) is 0 Å².